The van der Waals surface area contributed by atoms with Crippen molar-refractivity contribution in [2.45, 2.75) is 110 Å². The maximum atomic E-state index is 13.3. The van der Waals surface area contributed by atoms with Crippen LogP contribution in [0, 0.1) is 45.8 Å². The van der Waals surface area contributed by atoms with Gasteiger partial charge in [0.1, 0.15) is 0 Å². The van der Waals surface area contributed by atoms with Crippen molar-refractivity contribution >= 4 is 17.6 Å². The number of urea groups is 1. The number of hydrogen-bond acceptors (Lipinski definition) is 3. The summed E-state index contributed by atoms with van der Waals surface area (Å²) in [4.78, 5) is 28.8. The second-order valence-corrected chi connectivity index (χ2v) is 16.4. The second-order valence-electron chi connectivity index (χ2n) is 16.4. The van der Waals surface area contributed by atoms with Gasteiger partial charge in [0.2, 0.25) is 0 Å². The molecule has 0 radical (unpaired) electrons. The number of amides is 2. The number of nitrogens with zero attached hydrogens (tertiary/aromatic N) is 2. The Morgan fingerprint density at radius 2 is 1.76 bits per heavy atom. The molecule has 0 bridgehead atoms. The van der Waals surface area contributed by atoms with E-state index in [4.69, 9.17) is 0 Å². The summed E-state index contributed by atoms with van der Waals surface area (Å²) in [6.07, 6.45) is 21.1. The molecule has 1 aromatic carbocycles. The first kappa shape index (κ1) is 31.5. The Bertz CT molecular complexity index is 1480. The van der Waals surface area contributed by atoms with Crippen LogP contribution in [0.1, 0.15) is 114 Å². The Labute approximate surface area is 275 Å². The van der Waals surface area contributed by atoms with Crippen LogP contribution in [0.4, 0.5) is 4.79 Å². The molecule has 8 unspecified atom stereocenters. The highest BCUT2D eigenvalue weighted by Crippen LogP contribution is 2.75. The number of nitrogens with one attached hydrogen (secondary N) is 2. The lowest BCUT2D eigenvalue weighted by molar-refractivity contribution is -0.210. The monoisotopic (exact) mass is 626 g/mol. The molecule has 248 valence electrons. The third kappa shape index (κ3) is 4.85. The van der Waals surface area contributed by atoms with Gasteiger partial charge in [-0.05, 0) is 133 Å². The third-order valence-electron chi connectivity index (χ3n) is 14.8. The number of carbonyl (C=O) groups is 2. The summed E-state index contributed by atoms with van der Waals surface area (Å²) in [6.45, 7) is 11.9. The van der Waals surface area contributed by atoms with E-state index in [9.17, 15) is 14.7 Å². The highest BCUT2D eigenvalue weighted by Gasteiger charge is 2.68. The minimum absolute atomic E-state index is 0.0189. The fraction of sp³-hybridized carbons (Fsp3) is 0.667. The predicted octanol–water partition coefficient (Wildman–Crippen LogP) is 8.18. The van der Waals surface area contributed by atoms with Crippen LogP contribution < -0.4 is 10.6 Å². The molecule has 1 heterocycles. The van der Waals surface area contributed by atoms with Crippen LogP contribution in [-0.2, 0) is 6.54 Å². The van der Waals surface area contributed by atoms with E-state index in [1.54, 1.807) is 18.3 Å². The second kappa shape index (κ2) is 11.6. The smallest absolute Gasteiger partial charge is 0.335 e. The van der Waals surface area contributed by atoms with Gasteiger partial charge in [-0.15, -0.1) is 0 Å². The lowest BCUT2D eigenvalue weighted by Crippen LogP contribution is -2.67. The largest absolute Gasteiger partial charge is 0.478 e. The van der Waals surface area contributed by atoms with Crippen molar-refractivity contribution in [3.05, 3.63) is 60.2 Å². The number of aromatic carboxylic acids is 1. The highest BCUT2D eigenvalue weighted by molar-refractivity contribution is 5.88. The average Bonchev–Trinajstić information content (AvgIpc) is 3.70. The van der Waals surface area contributed by atoms with Gasteiger partial charge in [-0.1, -0.05) is 52.3 Å². The number of carboxylic acids is 1. The molecule has 1 aromatic heterocycles. The number of allylic oxidation sites excluding steroid dienone is 2. The first-order chi connectivity index (χ1) is 22.0. The molecular formula is C39H54N4O3. The van der Waals surface area contributed by atoms with Gasteiger partial charge in [-0.3, -0.25) is 0 Å². The van der Waals surface area contributed by atoms with Crippen molar-refractivity contribution in [1.82, 2.24) is 20.2 Å². The van der Waals surface area contributed by atoms with Crippen LogP contribution in [0.25, 0.3) is 5.57 Å². The van der Waals surface area contributed by atoms with Gasteiger partial charge < -0.3 is 20.3 Å². The average molecular weight is 627 g/mol. The Hall–Kier alpha value is -3.09. The SMILES string of the molecule is CC1C(c2ccc(C(=O)O)cc2)=CCC2(C)C1CCC1(C)C2CCC2C3CCCC3(NC(=O)NCCCn3ccnc3)CC[C@]21C. The van der Waals surface area contributed by atoms with Gasteiger partial charge in [0, 0.05) is 31.0 Å². The van der Waals surface area contributed by atoms with Crippen molar-refractivity contribution in [2.75, 3.05) is 6.54 Å². The van der Waals surface area contributed by atoms with Crippen molar-refractivity contribution < 1.29 is 14.7 Å². The van der Waals surface area contributed by atoms with Crippen LogP contribution in [-0.4, -0.2) is 38.7 Å². The molecule has 7 rings (SSSR count). The third-order valence-corrected chi connectivity index (χ3v) is 14.8. The molecular weight excluding hydrogens is 572 g/mol. The Balaban J connectivity index is 1.07. The number of hydrogen-bond donors (Lipinski definition) is 3. The van der Waals surface area contributed by atoms with Gasteiger partial charge in [0.15, 0.2) is 0 Å². The maximum Gasteiger partial charge on any atom is 0.335 e. The van der Waals surface area contributed by atoms with Crippen molar-refractivity contribution in [3.8, 4) is 0 Å². The molecule has 2 aromatic rings. The standard InChI is InChI=1S/C39H54N4O3/c1-26-29(27-8-10-28(11-9-27)34(44)45)14-17-36(2)30(26)15-18-38(4)33(36)13-12-31-32-7-5-16-39(32,20-19-37(31,38)3)42-35(46)41-21-6-23-43-24-22-40-25-43/h8-11,14,22,24-26,30-33H,5-7,12-13,15-21,23H2,1-4H3,(H,44,45)(H2,41,42,46)/t26?,30?,31?,32?,33?,36?,37-,38?,39?/m1/s1. The van der Waals surface area contributed by atoms with Crippen LogP contribution >= 0.6 is 0 Å². The van der Waals surface area contributed by atoms with E-state index in [-0.39, 0.29) is 22.4 Å². The van der Waals surface area contributed by atoms with Gasteiger partial charge in [0.05, 0.1) is 11.9 Å². The molecule has 46 heavy (non-hydrogen) atoms. The topological polar surface area (TPSA) is 96.3 Å². The van der Waals surface area contributed by atoms with Gasteiger partial charge >= 0.3 is 12.0 Å². The molecule has 0 saturated heterocycles. The molecule has 2 amide bonds. The number of rotatable bonds is 7. The number of imidazole rings is 1. The molecule has 7 heteroatoms. The normalized spacial score (nSPS) is 39.7. The van der Waals surface area contributed by atoms with E-state index in [0.29, 0.717) is 47.1 Å². The molecule has 5 aliphatic carbocycles. The summed E-state index contributed by atoms with van der Waals surface area (Å²) >= 11 is 0. The van der Waals surface area contributed by atoms with Crippen LogP contribution in [0.15, 0.2) is 49.1 Å². The summed E-state index contributed by atoms with van der Waals surface area (Å²) in [6, 6.07) is 7.56. The number of aryl methyl sites for hydroxylation is 1. The summed E-state index contributed by atoms with van der Waals surface area (Å²) < 4.78 is 2.06. The Kier molecular flexibility index (Phi) is 7.91. The van der Waals surface area contributed by atoms with Crippen LogP contribution in [0.3, 0.4) is 0 Å². The minimum atomic E-state index is -0.866. The van der Waals surface area contributed by atoms with E-state index in [0.717, 1.165) is 32.2 Å². The fourth-order valence-corrected chi connectivity index (χ4v) is 12.4. The van der Waals surface area contributed by atoms with E-state index in [2.05, 4.69) is 54.0 Å². The van der Waals surface area contributed by atoms with E-state index < -0.39 is 5.97 Å². The summed E-state index contributed by atoms with van der Waals surface area (Å²) in [5, 5.41) is 16.2. The molecule has 5 aliphatic rings. The maximum absolute atomic E-state index is 13.3. The summed E-state index contributed by atoms with van der Waals surface area (Å²) in [5.74, 6) is 2.15. The van der Waals surface area contributed by atoms with Crippen molar-refractivity contribution in [1.29, 1.82) is 0 Å². The highest BCUT2D eigenvalue weighted by atomic mass is 16.4. The lowest BCUT2D eigenvalue weighted by atomic mass is 9.34. The van der Waals surface area contributed by atoms with Crippen molar-refractivity contribution in [2.24, 2.45) is 45.8 Å². The number of carbonyl (C=O) groups excluding carboxylic acids is 1. The molecule has 4 fully saturated rings. The Morgan fingerprint density at radius 1 is 0.957 bits per heavy atom. The first-order valence-corrected chi connectivity index (χ1v) is 18.1. The predicted molar refractivity (Wildman–Crippen MR) is 181 cm³/mol. The quantitative estimate of drug-likeness (QED) is 0.270. The Morgan fingerprint density at radius 3 is 2.50 bits per heavy atom. The zero-order valence-electron chi connectivity index (χ0n) is 28.4. The van der Waals surface area contributed by atoms with Gasteiger partial charge in [-0.25, -0.2) is 14.6 Å². The number of benzene rings is 1. The fourth-order valence-electron chi connectivity index (χ4n) is 12.4. The summed E-state index contributed by atoms with van der Waals surface area (Å²) in [5.41, 5.74) is 3.73. The molecule has 7 nitrogen and oxygen atoms in total. The molecule has 9 atom stereocenters. The van der Waals surface area contributed by atoms with E-state index in [1.165, 1.54) is 56.1 Å². The number of fused-ring (bicyclic) bond motifs is 7. The van der Waals surface area contributed by atoms with Crippen molar-refractivity contribution in [3.63, 3.8) is 0 Å². The first-order valence-electron chi connectivity index (χ1n) is 18.1. The zero-order chi connectivity index (χ0) is 32.3. The van der Waals surface area contributed by atoms with Crippen LogP contribution in [0.5, 0.6) is 0 Å². The zero-order valence-corrected chi connectivity index (χ0v) is 28.4. The molecule has 3 N–H and O–H groups in total. The van der Waals surface area contributed by atoms with Gasteiger partial charge in [0.25, 0.3) is 0 Å². The number of carboxylic acid groups (broad SMARTS) is 1. The van der Waals surface area contributed by atoms with E-state index in [1.807, 2.05) is 24.7 Å². The lowest BCUT2D eigenvalue weighted by Gasteiger charge is -2.71. The minimum Gasteiger partial charge on any atom is -0.478 e. The summed E-state index contributed by atoms with van der Waals surface area (Å²) in [7, 11) is 0. The molecule has 4 saturated carbocycles. The van der Waals surface area contributed by atoms with Gasteiger partial charge in [-0.2, -0.15) is 0 Å². The number of aromatic nitrogens is 2. The van der Waals surface area contributed by atoms with E-state index >= 15 is 0 Å². The van der Waals surface area contributed by atoms with Crippen LogP contribution in [0.2, 0.25) is 0 Å². The molecule has 0 aliphatic heterocycles. The molecule has 0 spiro atoms.